The predicted molar refractivity (Wildman–Crippen MR) is 152 cm³/mol. The first-order chi connectivity index (χ1) is 18.6. The topological polar surface area (TPSA) is 66.9 Å². The second-order valence-electron chi connectivity index (χ2n) is 9.16. The number of nitrogens with zero attached hydrogens (tertiary/aromatic N) is 3. The van der Waals surface area contributed by atoms with E-state index < -0.39 is 0 Å². The van der Waals surface area contributed by atoms with Gasteiger partial charge in [0, 0.05) is 55.8 Å². The van der Waals surface area contributed by atoms with Crippen LogP contribution in [0, 0.1) is 0 Å². The van der Waals surface area contributed by atoms with Crippen LogP contribution in [0.15, 0.2) is 78.2 Å². The van der Waals surface area contributed by atoms with Gasteiger partial charge in [-0.05, 0) is 41.5 Å². The van der Waals surface area contributed by atoms with Gasteiger partial charge in [-0.3, -0.25) is 4.79 Å². The Hall–Kier alpha value is -3.88. The van der Waals surface area contributed by atoms with E-state index in [1.54, 1.807) is 25.6 Å². The second kappa shape index (κ2) is 12.1. The Morgan fingerprint density at radius 1 is 0.947 bits per heavy atom. The smallest absolute Gasteiger partial charge is 0.253 e. The Labute approximate surface area is 227 Å². The molecule has 1 N–H and O–H groups in total. The molecular weight excluding hydrogens is 496 g/mol. The highest BCUT2D eigenvalue weighted by molar-refractivity contribution is 7.14. The summed E-state index contributed by atoms with van der Waals surface area (Å²) in [6, 6.07) is 24.1. The molecule has 4 aromatic rings. The van der Waals surface area contributed by atoms with E-state index in [4.69, 9.17) is 14.5 Å². The van der Waals surface area contributed by atoms with E-state index in [-0.39, 0.29) is 5.91 Å². The monoisotopic (exact) mass is 528 g/mol. The van der Waals surface area contributed by atoms with Crippen molar-refractivity contribution in [2.75, 3.05) is 45.3 Å². The van der Waals surface area contributed by atoms with Crippen molar-refractivity contribution in [2.45, 2.75) is 13.1 Å². The molecular formula is C30H32N4O3S. The molecule has 8 heteroatoms. The molecule has 1 aliphatic heterocycles. The lowest BCUT2D eigenvalue weighted by Gasteiger charge is -2.27. The third-order valence-corrected chi connectivity index (χ3v) is 7.54. The summed E-state index contributed by atoms with van der Waals surface area (Å²) in [7, 11) is 3.32. The first kappa shape index (κ1) is 25.8. The van der Waals surface area contributed by atoms with Gasteiger partial charge < -0.3 is 24.6 Å². The molecule has 7 nitrogen and oxygen atoms in total. The second-order valence-corrected chi connectivity index (χ2v) is 10.00. The van der Waals surface area contributed by atoms with Gasteiger partial charge in [0.25, 0.3) is 5.91 Å². The van der Waals surface area contributed by atoms with Gasteiger partial charge in [0.2, 0.25) is 0 Å². The fourth-order valence-corrected chi connectivity index (χ4v) is 5.39. The molecule has 1 saturated heterocycles. The molecule has 0 unspecified atom stereocenters. The Bertz CT molecular complexity index is 1350. The molecule has 196 valence electrons. The van der Waals surface area contributed by atoms with Gasteiger partial charge in [-0.1, -0.05) is 42.5 Å². The number of hydrogen-bond donors (Lipinski definition) is 1. The van der Waals surface area contributed by atoms with Crippen LogP contribution in [-0.2, 0) is 13.1 Å². The average molecular weight is 529 g/mol. The van der Waals surface area contributed by atoms with Crippen LogP contribution in [0.4, 0.5) is 5.13 Å². The zero-order valence-electron chi connectivity index (χ0n) is 21.7. The lowest BCUT2D eigenvalue weighted by Crippen LogP contribution is -2.46. The van der Waals surface area contributed by atoms with E-state index in [0.29, 0.717) is 13.1 Å². The number of carbonyl (C=O) groups excluding carboxylic acids is 1. The molecule has 1 aliphatic rings. The summed E-state index contributed by atoms with van der Waals surface area (Å²) in [5.74, 6) is 1.60. The normalized spacial score (nSPS) is 13.3. The summed E-state index contributed by atoms with van der Waals surface area (Å²) in [6.45, 7) is 4.56. The summed E-state index contributed by atoms with van der Waals surface area (Å²) in [4.78, 5) is 22.1. The van der Waals surface area contributed by atoms with Gasteiger partial charge in [0.15, 0.2) is 5.13 Å². The van der Waals surface area contributed by atoms with Crippen LogP contribution < -0.4 is 19.7 Å². The number of hydrogen-bond acceptors (Lipinski definition) is 7. The molecule has 0 saturated carbocycles. The number of carbonyl (C=O) groups is 1. The first-order valence-electron chi connectivity index (χ1n) is 12.7. The number of piperazine rings is 1. The van der Waals surface area contributed by atoms with Gasteiger partial charge in [-0.2, -0.15) is 0 Å². The van der Waals surface area contributed by atoms with E-state index in [1.165, 1.54) is 5.56 Å². The molecule has 0 radical (unpaired) electrons. The number of thiazole rings is 1. The van der Waals surface area contributed by atoms with Crippen LogP contribution >= 0.6 is 11.3 Å². The number of anilines is 1. The van der Waals surface area contributed by atoms with Crippen LogP contribution in [0.3, 0.4) is 0 Å². The minimum absolute atomic E-state index is 0.0935. The number of methoxy groups -OCH3 is 2. The van der Waals surface area contributed by atoms with Crippen molar-refractivity contribution in [1.29, 1.82) is 0 Å². The Morgan fingerprint density at radius 2 is 1.66 bits per heavy atom. The van der Waals surface area contributed by atoms with Crippen LogP contribution in [0.2, 0.25) is 0 Å². The summed E-state index contributed by atoms with van der Waals surface area (Å²) in [5, 5.41) is 6.26. The third-order valence-electron chi connectivity index (χ3n) is 6.64. The van der Waals surface area contributed by atoms with Crippen molar-refractivity contribution in [3.63, 3.8) is 0 Å². The van der Waals surface area contributed by atoms with Crippen molar-refractivity contribution in [2.24, 2.45) is 0 Å². The molecule has 0 aliphatic carbocycles. The van der Waals surface area contributed by atoms with E-state index in [0.717, 1.165) is 65.2 Å². The Kier molecular flexibility index (Phi) is 8.21. The number of benzene rings is 3. The SMILES string of the molecule is COc1ccc(OC)c(-c2csc(N(Cc3ccccc3)Cc3ccc(C(=O)N4CCNCC4)cc3)n2)c1. The molecule has 0 atom stereocenters. The van der Waals surface area contributed by atoms with Gasteiger partial charge in [-0.25, -0.2) is 4.98 Å². The van der Waals surface area contributed by atoms with Gasteiger partial charge >= 0.3 is 0 Å². The number of rotatable bonds is 9. The largest absolute Gasteiger partial charge is 0.497 e. The molecule has 1 aromatic heterocycles. The van der Waals surface area contributed by atoms with Crippen molar-refractivity contribution in [1.82, 2.24) is 15.2 Å². The highest BCUT2D eigenvalue weighted by Crippen LogP contribution is 2.36. The van der Waals surface area contributed by atoms with Crippen molar-refractivity contribution in [3.8, 4) is 22.8 Å². The number of amides is 1. The maximum atomic E-state index is 12.9. The fourth-order valence-electron chi connectivity index (χ4n) is 4.57. The van der Waals surface area contributed by atoms with Crippen molar-refractivity contribution >= 4 is 22.4 Å². The minimum atomic E-state index is 0.0935. The first-order valence-corrected chi connectivity index (χ1v) is 13.6. The Balaban J connectivity index is 1.39. The highest BCUT2D eigenvalue weighted by Gasteiger charge is 2.19. The summed E-state index contributed by atoms with van der Waals surface area (Å²) < 4.78 is 11.0. The van der Waals surface area contributed by atoms with Gasteiger partial charge in [0.1, 0.15) is 11.5 Å². The van der Waals surface area contributed by atoms with E-state index >= 15 is 0 Å². The molecule has 1 fully saturated rings. The van der Waals surface area contributed by atoms with Crippen LogP contribution in [0.1, 0.15) is 21.5 Å². The molecule has 38 heavy (non-hydrogen) atoms. The molecule has 1 amide bonds. The molecule has 2 heterocycles. The lowest BCUT2D eigenvalue weighted by atomic mass is 10.1. The van der Waals surface area contributed by atoms with E-state index in [9.17, 15) is 4.79 Å². The van der Waals surface area contributed by atoms with Gasteiger partial charge in [-0.15, -0.1) is 11.3 Å². The number of aromatic nitrogens is 1. The fraction of sp³-hybridized carbons (Fsp3) is 0.267. The Morgan fingerprint density at radius 3 is 2.34 bits per heavy atom. The maximum absolute atomic E-state index is 12.9. The molecule has 5 rings (SSSR count). The highest BCUT2D eigenvalue weighted by atomic mass is 32.1. The lowest BCUT2D eigenvalue weighted by molar-refractivity contribution is 0.0736. The minimum Gasteiger partial charge on any atom is -0.497 e. The summed E-state index contributed by atoms with van der Waals surface area (Å²) in [5.41, 5.74) is 4.79. The predicted octanol–water partition coefficient (Wildman–Crippen LogP) is 5.08. The zero-order chi connectivity index (χ0) is 26.3. The third kappa shape index (κ3) is 5.98. The van der Waals surface area contributed by atoms with Crippen LogP contribution in [0.25, 0.3) is 11.3 Å². The number of ether oxygens (including phenoxy) is 2. The van der Waals surface area contributed by atoms with Crippen LogP contribution in [0.5, 0.6) is 11.5 Å². The summed E-state index contributed by atoms with van der Waals surface area (Å²) >= 11 is 1.60. The molecule has 3 aromatic carbocycles. The molecule has 0 bridgehead atoms. The number of nitrogens with one attached hydrogen (secondary N) is 1. The van der Waals surface area contributed by atoms with E-state index in [2.05, 4.69) is 39.9 Å². The van der Waals surface area contributed by atoms with Gasteiger partial charge in [0.05, 0.1) is 19.9 Å². The van der Waals surface area contributed by atoms with Crippen LogP contribution in [-0.4, -0.2) is 56.2 Å². The van der Waals surface area contributed by atoms with E-state index in [1.807, 2.05) is 53.4 Å². The van der Waals surface area contributed by atoms with Crippen molar-refractivity contribution < 1.29 is 14.3 Å². The standard InChI is InChI=1S/C30H32N4O3S/c1-36-25-12-13-28(37-2)26(18-25)27-21-38-30(32-27)34(19-22-6-4-3-5-7-22)20-23-8-10-24(11-9-23)29(35)33-16-14-31-15-17-33/h3-13,18,21,31H,14-17,19-20H2,1-2H3. The quantitative estimate of drug-likeness (QED) is 0.327. The molecule has 0 spiro atoms. The zero-order valence-corrected chi connectivity index (χ0v) is 22.5. The summed E-state index contributed by atoms with van der Waals surface area (Å²) in [6.07, 6.45) is 0. The average Bonchev–Trinajstić information content (AvgIpc) is 3.48. The van der Waals surface area contributed by atoms with Crippen molar-refractivity contribution in [3.05, 3.63) is 94.9 Å². The maximum Gasteiger partial charge on any atom is 0.253 e.